The number of fused-ring (bicyclic) bond motifs is 10. The van der Waals surface area contributed by atoms with E-state index in [0.717, 1.165) is 128 Å². The number of phenols is 1. The molecule has 0 aliphatic rings. The zero-order chi connectivity index (χ0) is 56.6. The summed E-state index contributed by atoms with van der Waals surface area (Å²) in [5, 5.41) is 16.8. The lowest BCUT2D eigenvalue weighted by molar-refractivity contribution is 0.446. The van der Waals surface area contributed by atoms with E-state index in [-0.39, 0.29) is 33.8 Å². The van der Waals surface area contributed by atoms with E-state index in [1.807, 2.05) is 12.1 Å². The standard InChI is InChI=1S/C74H70N4O3/c1-42(2)49-27-21-28-50(43(3)4)65(49)78-66-58(35-33-55-63-62(81-69(55)66)36-34-54-53-26-18-20-32-61(53)80-68(54)63)75-70(78)46-37-45(38-47(39-46)72(5,6)7)52-29-22-31-60-64(52)76-71(56-40-48(73(8,9)10)41-57(67(56)79)74(11,12)13)77(60)59-30-19-17-25-51(59)44-23-15-14-16-24-44/h14-43,79H,1-13H3. The SMILES string of the molecule is CC(C)c1cccc(C(C)C)c1-n1c(-c2cc(-c3cccc4c3nc(-c3cc(C(C)(C)C)cc(C(C)(C)C)c3O)n4-c3ccccc3-c3ccccc3)cc(C(C)(C)C)c2)nc2ccc3c(oc4ccc5c6ccccc6oc5c43)c21. The van der Waals surface area contributed by atoms with Gasteiger partial charge in [0.05, 0.1) is 38.9 Å². The number of hydrogen-bond acceptors (Lipinski definition) is 5. The van der Waals surface area contributed by atoms with Crippen molar-refractivity contribution < 1.29 is 13.9 Å². The van der Waals surface area contributed by atoms with Gasteiger partial charge in [0.2, 0.25) is 0 Å². The van der Waals surface area contributed by atoms with Crippen LogP contribution in [0.5, 0.6) is 5.75 Å². The van der Waals surface area contributed by atoms with Crippen molar-refractivity contribution in [2.24, 2.45) is 0 Å². The van der Waals surface area contributed by atoms with E-state index in [4.69, 9.17) is 18.8 Å². The van der Waals surface area contributed by atoms with Crippen LogP contribution in [0.4, 0.5) is 0 Å². The molecule has 0 atom stereocenters. The number of aromatic nitrogens is 4. The van der Waals surface area contributed by atoms with E-state index in [1.54, 1.807) is 0 Å². The molecule has 9 aromatic carbocycles. The fraction of sp³-hybridized carbons (Fsp3) is 0.243. The van der Waals surface area contributed by atoms with Crippen LogP contribution in [0.25, 0.3) is 122 Å². The zero-order valence-electron chi connectivity index (χ0n) is 48.9. The van der Waals surface area contributed by atoms with Gasteiger partial charge in [0.25, 0.3) is 0 Å². The molecule has 81 heavy (non-hydrogen) atoms. The van der Waals surface area contributed by atoms with Crippen LogP contribution in [-0.4, -0.2) is 24.2 Å². The smallest absolute Gasteiger partial charge is 0.161 e. The summed E-state index contributed by atoms with van der Waals surface area (Å²) in [6, 6.07) is 60.5. The van der Waals surface area contributed by atoms with Crippen molar-refractivity contribution in [3.63, 3.8) is 0 Å². The van der Waals surface area contributed by atoms with Crippen molar-refractivity contribution in [2.75, 3.05) is 0 Å². The lowest BCUT2D eigenvalue weighted by Crippen LogP contribution is -2.17. The first kappa shape index (κ1) is 51.7. The third-order valence-electron chi connectivity index (χ3n) is 16.6. The molecule has 0 radical (unpaired) electrons. The highest BCUT2D eigenvalue weighted by Crippen LogP contribution is 2.48. The molecule has 13 aromatic rings. The minimum Gasteiger partial charge on any atom is -0.507 e. The van der Waals surface area contributed by atoms with E-state index in [2.05, 4.69) is 257 Å². The van der Waals surface area contributed by atoms with Crippen molar-refractivity contribution in [1.29, 1.82) is 0 Å². The molecule has 0 bridgehead atoms. The van der Waals surface area contributed by atoms with E-state index in [1.165, 1.54) is 11.1 Å². The third-order valence-corrected chi connectivity index (χ3v) is 16.6. The fourth-order valence-corrected chi connectivity index (χ4v) is 12.3. The van der Waals surface area contributed by atoms with Gasteiger partial charge in [-0.15, -0.1) is 0 Å². The highest BCUT2D eigenvalue weighted by molar-refractivity contribution is 6.25. The maximum atomic E-state index is 12.7. The number of hydrogen-bond donors (Lipinski definition) is 1. The first-order valence-electron chi connectivity index (χ1n) is 28.7. The molecule has 0 aliphatic heterocycles. The van der Waals surface area contributed by atoms with Crippen LogP contribution in [0.15, 0.2) is 179 Å². The molecule has 4 aromatic heterocycles. The molecule has 0 aliphatic carbocycles. The molecular weight excluding hydrogens is 993 g/mol. The Labute approximate surface area is 474 Å². The number of furan rings is 2. The number of rotatable bonds is 8. The van der Waals surface area contributed by atoms with Crippen LogP contribution in [-0.2, 0) is 16.2 Å². The first-order chi connectivity index (χ1) is 38.7. The Bertz CT molecular complexity index is 4630. The Balaban J connectivity index is 1.13. The third kappa shape index (κ3) is 8.46. The Morgan fingerprint density at radius 1 is 0.457 bits per heavy atom. The second-order valence-corrected chi connectivity index (χ2v) is 26.0. The summed E-state index contributed by atoms with van der Waals surface area (Å²) < 4.78 is 18.5. The molecule has 7 nitrogen and oxygen atoms in total. The largest absolute Gasteiger partial charge is 0.507 e. The number of benzene rings is 9. The van der Waals surface area contributed by atoms with Crippen molar-refractivity contribution in [1.82, 2.24) is 19.1 Å². The highest BCUT2D eigenvalue weighted by atomic mass is 16.3. The molecule has 4 heterocycles. The summed E-state index contributed by atoms with van der Waals surface area (Å²) in [6.07, 6.45) is 0. The van der Waals surface area contributed by atoms with Gasteiger partial charge in [0.1, 0.15) is 39.7 Å². The van der Waals surface area contributed by atoms with Gasteiger partial charge in [0.15, 0.2) is 5.58 Å². The van der Waals surface area contributed by atoms with Crippen LogP contribution in [0.1, 0.15) is 130 Å². The Morgan fingerprint density at radius 2 is 1.09 bits per heavy atom. The molecule has 0 saturated heterocycles. The first-order valence-corrected chi connectivity index (χ1v) is 28.7. The topological polar surface area (TPSA) is 82.1 Å². The maximum absolute atomic E-state index is 12.7. The van der Waals surface area contributed by atoms with Gasteiger partial charge in [-0.25, -0.2) is 9.97 Å². The van der Waals surface area contributed by atoms with Gasteiger partial charge in [-0.1, -0.05) is 199 Å². The molecule has 7 heteroatoms. The van der Waals surface area contributed by atoms with Crippen molar-refractivity contribution in [3.8, 4) is 62.2 Å². The van der Waals surface area contributed by atoms with Crippen LogP contribution in [0.2, 0.25) is 0 Å². The molecule has 13 rings (SSSR count). The van der Waals surface area contributed by atoms with Crippen molar-refractivity contribution in [3.05, 3.63) is 198 Å². The summed E-state index contributed by atoms with van der Waals surface area (Å²) in [6.45, 7) is 29.2. The summed E-state index contributed by atoms with van der Waals surface area (Å²) >= 11 is 0. The number of aromatic hydroxyl groups is 1. The minimum atomic E-state index is -0.354. The Hall–Kier alpha value is -8.68. The fourth-order valence-electron chi connectivity index (χ4n) is 12.3. The summed E-state index contributed by atoms with van der Waals surface area (Å²) in [5.41, 5.74) is 19.4. The molecule has 0 saturated carbocycles. The monoisotopic (exact) mass is 1060 g/mol. The molecule has 0 fully saturated rings. The zero-order valence-corrected chi connectivity index (χ0v) is 48.9. The summed E-state index contributed by atoms with van der Waals surface area (Å²) in [5.74, 6) is 2.13. The van der Waals surface area contributed by atoms with Gasteiger partial charge in [-0.2, -0.15) is 0 Å². The molecule has 0 spiro atoms. The second kappa shape index (κ2) is 18.7. The lowest BCUT2D eigenvalue weighted by Gasteiger charge is -2.27. The number of phenolic OH excluding ortho intramolecular Hbond substituents is 1. The molecule has 0 unspecified atom stereocenters. The predicted molar refractivity (Wildman–Crippen MR) is 338 cm³/mol. The number of para-hydroxylation sites is 4. The molecule has 404 valence electrons. The van der Waals surface area contributed by atoms with Crippen LogP contribution in [0.3, 0.4) is 0 Å². The average molecular weight is 1060 g/mol. The van der Waals surface area contributed by atoms with E-state index in [9.17, 15) is 5.11 Å². The van der Waals surface area contributed by atoms with Crippen LogP contribution >= 0.6 is 0 Å². The quantitative estimate of drug-likeness (QED) is 0.164. The molecule has 0 amide bonds. The lowest BCUT2D eigenvalue weighted by atomic mass is 9.79. The Kier molecular flexibility index (Phi) is 11.9. The second-order valence-electron chi connectivity index (χ2n) is 26.0. The minimum absolute atomic E-state index is 0.197. The number of nitrogens with zero attached hydrogens (tertiary/aromatic N) is 4. The number of imidazole rings is 2. The van der Waals surface area contributed by atoms with Gasteiger partial charge < -0.3 is 13.9 Å². The molecular formula is C74H70N4O3. The van der Waals surface area contributed by atoms with E-state index < -0.39 is 0 Å². The van der Waals surface area contributed by atoms with Gasteiger partial charge in [-0.05, 0) is 122 Å². The predicted octanol–water partition coefficient (Wildman–Crippen LogP) is 20.7. The average Bonchev–Trinajstić information content (AvgIpc) is 4.23. The van der Waals surface area contributed by atoms with Gasteiger partial charge in [-0.3, -0.25) is 9.13 Å². The highest BCUT2D eigenvalue weighted by Gasteiger charge is 2.32. The summed E-state index contributed by atoms with van der Waals surface area (Å²) in [7, 11) is 0. The molecule has 1 N–H and O–H groups in total. The summed E-state index contributed by atoms with van der Waals surface area (Å²) in [4.78, 5) is 11.5. The van der Waals surface area contributed by atoms with Crippen LogP contribution in [0, 0.1) is 0 Å². The normalized spacial score (nSPS) is 12.8. The van der Waals surface area contributed by atoms with Crippen molar-refractivity contribution in [2.45, 2.75) is 118 Å². The van der Waals surface area contributed by atoms with E-state index >= 15 is 0 Å². The van der Waals surface area contributed by atoms with Crippen LogP contribution < -0.4 is 0 Å². The van der Waals surface area contributed by atoms with Gasteiger partial charge >= 0.3 is 0 Å². The van der Waals surface area contributed by atoms with E-state index in [0.29, 0.717) is 11.4 Å². The Morgan fingerprint density at radius 3 is 1.80 bits per heavy atom. The van der Waals surface area contributed by atoms with Gasteiger partial charge in [0, 0.05) is 38.4 Å². The maximum Gasteiger partial charge on any atom is 0.161 e. The van der Waals surface area contributed by atoms with Crippen molar-refractivity contribution >= 4 is 65.9 Å².